The molecule has 0 radical (unpaired) electrons. The molecular weight excluding hydrogens is 222 g/mol. The summed E-state index contributed by atoms with van der Waals surface area (Å²) in [7, 11) is 0. The van der Waals surface area contributed by atoms with E-state index in [-0.39, 0.29) is 5.43 Å². The lowest BCUT2D eigenvalue weighted by molar-refractivity contribution is 0.828. The van der Waals surface area contributed by atoms with Gasteiger partial charge >= 0.3 is 0 Å². The van der Waals surface area contributed by atoms with Gasteiger partial charge in [-0.3, -0.25) is 4.79 Å². The molecule has 0 amide bonds. The molecule has 0 atom stereocenters. The van der Waals surface area contributed by atoms with E-state index in [2.05, 4.69) is 18.8 Å². The molecule has 0 saturated heterocycles. The van der Waals surface area contributed by atoms with Gasteiger partial charge in [0.25, 0.3) is 0 Å². The highest BCUT2D eigenvalue weighted by atomic mass is 35.5. The molecule has 84 valence electrons. The highest BCUT2D eigenvalue weighted by Gasteiger charge is 2.07. The third kappa shape index (κ3) is 1.85. The third-order valence-electron chi connectivity index (χ3n) is 2.74. The summed E-state index contributed by atoms with van der Waals surface area (Å²) in [5.41, 5.74) is 2.88. The highest BCUT2D eigenvalue weighted by molar-refractivity contribution is 6.31. The molecule has 3 heteroatoms. The molecule has 2 rings (SSSR count). The third-order valence-corrected chi connectivity index (χ3v) is 2.96. The smallest absolute Gasteiger partial charge is 0.189 e. The van der Waals surface area contributed by atoms with Gasteiger partial charge in [-0.1, -0.05) is 25.4 Å². The van der Waals surface area contributed by atoms with Crippen molar-refractivity contribution in [2.45, 2.75) is 26.7 Å². The normalized spacial score (nSPS) is 11.3. The summed E-state index contributed by atoms with van der Waals surface area (Å²) in [6.45, 7) is 6.07. The first-order chi connectivity index (χ1) is 7.49. The molecular formula is C13H14ClNO. The summed E-state index contributed by atoms with van der Waals surface area (Å²) >= 11 is 5.95. The monoisotopic (exact) mass is 235 g/mol. The second-order valence-electron chi connectivity index (χ2n) is 4.39. The summed E-state index contributed by atoms with van der Waals surface area (Å²) in [6.07, 6.45) is 0. The van der Waals surface area contributed by atoms with E-state index >= 15 is 0 Å². The number of hydrogen-bond donors (Lipinski definition) is 1. The second-order valence-corrected chi connectivity index (χ2v) is 4.83. The summed E-state index contributed by atoms with van der Waals surface area (Å²) in [5, 5.41) is 1.27. The van der Waals surface area contributed by atoms with Crippen LogP contribution >= 0.6 is 11.6 Å². The minimum Gasteiger partial charge on any atom is -0.358 e. The van der Waals surface area contributed by atoms with E-state index in [9.17, 15) is 4.79 Å². The fraction of sp³-hybridized carbons (Fsp3) is 0.308. The molecule has 0 bridgehead atoms. The first-order valence-electron chi connectivity index (χ1n) is 5.32. The van der Waals surface area contributed by atoms with Crippen molar-refractivity contribution in [1.82, 2.24) is 4.98 Å². The van der Waals surface area contributed by atoms with Gasteiger partial charge in [0.2, 0.25) is 0 Å². The lowest BCUT2D eigenvalue weighted by Crippen LogP contribution is -2.07. The second kappa shape index (κ2) is 3.95. The van der Waals surface area contributed by atoms with Gasteiger partial charge in [-0.2, -0.15) is 0 Å². The van der Waals surface area contributed by atoms with Crippen molar-refractivity contribution in [3.05, 3.63) is 44.7 Å². The summed E-state index contributed by atoms with van der Waals surface area (Å²) in [4.78, 5) is 15.2. The van der Waals surface area contributed by atoms with Crippen LogP contribution in [0.3, 0.4) is 0 Å². The standard InChI is InChI=1S/C13H14ClNO/c1-7(2)11-6-12(16)10-5-9(14)4-8(3)13(10)15-11/h4-7H,1-3H3,(H,15,16). The van der Waals surface area contributed by atoms with Crippen LogP contribution in [0, 0.1) is 6.92 Å². The van der Waals surface area contributed by atoms with Crippen molar-refractivity contribution in [2.75, 3.05) is 0 Å². The zero-order valence-electron chi connectivity index (χ0n) is 9.60. The number of fused-ring (bicyclic) bond motifs is 1. The van der Waals surface area contributed by atoms with Crippen LogP contribution in [0.5, 0.6) is 0 Å². The Morgan fingerprint density at radius 1 is 1.25 bits per heavy atom. The highest BCUT2D eigenvalue weighted by Crippen LogP contribution is 2.21. The predicted molar refractivity (Wildman–Crippen MR) is 68.4 cm³/mol. The molecule has 0 aliphatic heterocycles. The van der Waals surface area contributed by atoms with E-state index in [4.69, 9.17) is 11.6 Å². The Hall–Kier alpha value is -1.28. The van der Waals surface area contributed by atoms with Crippen LogP contribution in [0.1, 0.15) is 31.0 Å². The number of H-pyrrole nitrogens is 1. The molecule has 0 saturated carbocycles. The zero-order chi connectivity index (χ0) is 11.9. The molecule has 1 aromatic carbocycles. The lowest BCUT2D eigenvalue weighted by atomic mass is 10.1. The molecule has 1 N–H and O–H groups in total. The average molecular weight is 236 g/mol. The Morgan fingerprint density at radius 3 is 2.56 bits per heavy atom. The predicted octanol–water partition coefficient (Wildman–Crippen LogP) is 3.61. The van der Waals surface area contributed by atoms with E-state index in [1.165, 1.54) is 0 Å². The van der Waals surface area contributed by atoms with Gasteiger partial charge < -0.3 is 4.98 Å². The van der Waals surface area contributed by atoms with Gasteiger partial charge in [-0.25, -0.2) is 0 Å². The average Bonchev–Trinajstić information content (AvgIpc) is 2.19. The zero-order valence-corrected chi connectivity index (χ0v) is 10.4. The minimum atomic E-state index is 0.0306. The molecule has 2 nitrogen and oxygen atoms in total. The number of hydrogen-bond acceptors (Lipinski definition) is 1. The fourth-order valence-corrected chi connectivity index (χ4v) is 2.09. The Bertz CT molecular complexity index is 599. The number of aromatic nitrogens is 1. The Balaban J connectivity index is 2.87. The number of benzene rings is 1. The summed E-state index contributed by atoms with van der Waals surface area (Å²) < 4.78 is 0. The topological polar surface area (TPSA) is 32.9 Å². The van der Waals surface area contributed by atoms with Gasteiger partial charge in [0.15, 0.2) is 5.43 Å². The largest absolute Gasteiger partial charge is 0.358 e. The van der Waals surface area contributed by atoms with Crippen molar-refractivity contribution in [2.24, 2.45) is 0 Å². The van der Waals surface area contributed by atoms with Gasteiger partial charge in [-0.05, 0) is 30.5 Å². The Labute approximate surface area is 99.3 Å². The van der Waals surface area contributed by atoms with Crippen molar-refractivity contribution in [3.63, 3.8) is 0 Å². The number of halogens is 1. The number of aromatic amines is 1. The van der Waals surface area contributed by atoms with Crippen molar-refractivity contribution < 1.29 is 0 Å². The number of rotatable bonds is 1. The van der Waals surface area contributed by atoms with Gasteiger partial charge in [-0.15, -0.1) is 0 Å². The van der Waals surface area contributed by atoms with Gasteiger partial charge in [0.05, 0.1) is 5.52 Å². The van der Waals surface area contributed by atoms with Crippen molar-refractivity contribution in [1.29, 1.82) is 0 Å². The minimum absolute atomic E-state index is 0.0306. The quantitative estimate of drug-likeness (QED) is 0.805. The number of nitrogens with one attached hydrogen (secondary N) is 1. The van der Waals surface area contributed by atoms with Crippen LogP contribution in [0.15, 0.2) is 23.0 Å². The van der Waals surface area contributed by atoms with Gasteiger partial charge in [0, 0.05) is 22.2 Å². The number of aryl methyl sites for hydroxylation is 1. The molecule has 0 aliphatic rings. The maximum atomic E-state index is 11.9. The fourth-order valence-electron chi connectivity index (χ4n) is 1.81. The lowest BCUT2D eigenvalue weighted by Gasteiger charge is -2.09. The molecule has 0 unspecified atom stereocenters. The first-order valence-corrected chi connectivity index (χ1v) is 5.70. The summed E-state index contributed by atoms with van der Waals surface area (Å²) in [5.74, 6) is 0.312. The maximum Gasteiger partial charge on any atom is 0.189 e. The maximum absolute atomic E-state index is 11.9. The molecule has 2 aromatic rings. The van der Waals surface area contributed by atoms with E-state index in [1.54, 1.807) is 12.1 Å². The molecule has 16 heavy (non-hydrogen) atoms. The Morgan fingerprint density at radius 2 is 1.94 bits per heavy atom. The molecule has 0 fully saturated rings. The first kappa shape index (κ1) is 11.2. The number of pyridine rings is 1. The van der Waals surface area contributed by atoms with Crippen molar-refractivity contribution >= 4 is 22.5 Å². The van der Waals surface area contributed by atoms with E-state index in [0.29, 0.717) is 16.3 Å². The van der Waals surface area contributed by atoms with Crippen LogP contribution in [0.4, 0.5) is 0 Å². The van der Waals surface area contributed by atoms with Crippen LogP contribution in [0.2, 0.25) is 5.02 Å². The van der Waals surface area contributed by atoms with Crippen LogP contribution in [-0.4, -0.2) is 4.98 Å². The van der Waals surface area contributed by atoms with Crippen molar-refractivity contribution in [3.8, 4) is 0 Å². The SMILES string of the molecule is Cc1cc(Cl)cc2c(=O)cc(C(C)C)[nH]c12. The van der Waals surface area contributed by atoms with Crippen LogP contribution < -0.4 is 5.43 Å². The molecule has 0 aliphatic carbocycles. The van der Waals surface area contributed by atoms with E-state index < -0.39 is 0 Å². The molecule has 1 heterocycles. The van der Waals surface area contributed by atoms with Crippen LogP contribution in [-0.2, 0) is 0 Å². The summed E-state index contributed by atoms with van der Waals surface area (Å²) in [6, 6.07) is 5.24. The Kier molecular flexibility index (Phi) is 2.76. The van der Waals surface area contributed by atoms with E-state index in [0.717, 1.165) is 16.8 Å². The van der Waals surface area contributed by atoms with E-state index in [1.807, 2.05) is 13.0 Å². The molecule has 1 aromatic heterocycles. The molecule has 0 spiro atoms. The van der Waals surface area contributed by atoms with Crippen LogP contribution in [0.25, 0.3) is 10.9 Å². The van der Waals surface area contributed by atoms with Gasteiger partial charge in [0.1, 0.15) is 0 Å².